The predicted molar refractivity (Wildman–Crippen MR) is 59.9 cm³/mol. The van der Waals surface area contributed by atoms with E-state index in [9.17, 15) is 0 Å². The summed E-state index contributed by atoms with van der Waals surface area (Å²) in [6.45, 7) is 5.86. The lowest BCUT2D eigenvalue weighted by atomic mass is 10.2. The lowest BCUT2D eigenvalue weighted by molar-refractivity contribution is 0.00199. The van der Waals surface area contributed by atoms with Crippen LogP contribution in [0, 0.1) is 0 Å². The van der Waals surface area contributed by atoms with Gasteiger partial charge < -0.3 is 4.84 Å². The number of oxime groups is 1. The van der Waals surface area contributed by atoms with Gasteiger partial charge in [-0.05, 0) is 26.8 Å². The fourth-order valence-corrected chi connectivity index (χ4v) is 0.698. The lowest BCUT2D eigenvalue weighted by Gasteiger charge is -2.14. The van der Waals surface area contributed by atoms with E-state index in [0.717, 1.165) is 5.56 Å². The number of pyridine rings is 1. The number of aromatic nitrogens is 1. The van der Waals surface area contributed by atoms with E-state index in [1.807, 2.05) is 32.9 Å². The molecule has 0 aliphatic carbocycles. The maximum Gasteiger partial charge on any atom is 0.129 e. The van der Waals surface area contributed by atoms with Gasteiger partial charge in [0.15, 0.2) is 0 Å². The summed E-state index contributed by atoms with van der Waals surface area (Å²) in [5.41, 5.74) is 0.699. The minimum atomic E-state index is -0.237. The molecule has 1 aromatic rings. The molecule has 0 bridgehead atoms. The molecule has 0 N–H and O–H groups in total. The molecule has 1 aromatic heterocycles. The Morgan fingerprint density at radius 2 is 2.14 bits per heavy atom. The third-order valence-corrected chi connectivity index (χ3v) is 1.21. The molecule has 14 heavy (non-hydrogen) atoms. The molecule has 0 saturated carbocycles. The first-order valence-electron chi connectivity index (χ1n) is 4.19. The smallest absolute Gasteiger partial charge is 0.129 e. The summed E-state index contributed by atoms with van der Waals surface area (Å²) in [5.74, 6) is 0. The van der Waals surface area contributed by atoms with Crippen LogP contribution in [0.1, 0.15) is 26.3 Å². The van der Waals surface area contributed by atoms with Gasteiger partial charge in [0, 0.05) is 18.0 Å². The van der Waals surface area contributed by atoms with Gasteiger partial charge in [-0.1, -0.05) is 11.2 Å². The lowest BCUT2D eigenvalue weighted by Crippen LogP contribution is -2.15. The number of rotatable bonds is 2. The van der Waals surface area contributed by atoms with E-state index in [1.165, 1.54) is 0 Å². The van der Waals surface area contributed by atoms with Crippen molar-refractivity contribution in [3.05, 3.63) is 30.1 Å². The Bertz CT molecular complexity index is 280. The van der Waals surface area contributed by atoms with Gasteiger partial charge in [-0.25, -0.2) is 0 Å². The molecule has 0 atom stereocenters. The van der Waals surface area contributed by atoms with Crippen LogP contribution in [0.15, 0.2) is 29.7 Å². The molecule has 0 fully saturated rings. The second-order valence-electron chi connectivity index (χ2n) is 3.72. The summed E-state index contributed by atoms with van der Waals surface area (Å²) < 4.78 is 0. The van der Waals surface area contributed by atoms with Gasteiger partial charge in [-0.2, -0.15) is 0 Å². The molecule has 0 amide bonds. The number of nitrogens with zero attached hydrogens (tertiary/aromatic N) is 2. The first-order valence-corrected chi connectivity index (χ1v) is 4.19. The monoisotopic (exact) mass is 214 g/mol. The van der Waals surface area contributed by atoms with Gasteiger partial charge in [-0.3, -0.25) is 4.98 Å². The highest BCUT2D eigenvalue weighted by atomic mass is 35.5. The average molecular weight is 215 g/mol. The molecule has 0 radical (unpaired) electrons. The van der Waals surface area contributed by atoms with Crippen LogP contribution in [0.5, 0.6) is 0 Å². The van der Waals surface area contributed by atoms with Gasteiger partial charge >= 0.3 is 0 Å². The van der Waals surface area contributed by atoms with Crippen molar-refractivity contribution in [2.24, 2.45) is 5.16 Å². The zero-order valence-corrected chi connectivity index (χ0v) is 9.41. The average Bonchev–Trinajstić information content (AvgIpc) is 2.04. The van der Waals surface area contributed by atoms with Gasteiger partial charge in [0.1, 0.15) is 5.60 Å². The third kappa shape index (κ3) is 5.54. The van der Waals surface area contributed by atoms with Gasteiger partial charge in [-0.15, -0.1) is 12.4 Å². The van der Waals surface area contributed by atoms with Crippen molar-refractivity contribution in [3.8, 4) is 0 Å². The molecule has 1 rings (SSSR count). The highest BCUT2D eigenvalue weighted by Gasteiger charge is 2.08. The minimum absolute atomic E-state index is 0. The molecule has 0 aliphatic rings. The topological polar surface area (TPSA) is 34.5 Å². The number of hydrogen-bond acceptors (Lipinski definition) is 3. The highest BCUT2D eigenvalue weighted by Crippen LogP contribution is 2.06. The zero-order valence-electron chi connectivity index (χ0n) is 8.60. The molecule has 78 valence electrons. The van der Waals surface area contributed by atoms with E-state index in [-0.39, 0.29) is 18.0 Å². The summed E-state index contributed by atoms with van der Waals surface area (Å²) in [4.78, 5) is 9.13. The van der Waals surface area contributed by atoms with Crippen molar-refractivity contribution in [3.63, 3.8) is 0 Å². The van der Waals surface area contributed by atoms with Crippen LogP contribution >= 0.6 is 12.4 Å². The maximum absolute atomic E-state index is 5.17. The quantitative estimate of drug-likeness (QED) is 0.560. The molecule has 3 nitrogen and oxygen atoms in total. The van der Waals surface area contributed by atoms with Crippen molar-refractivity contribution in [1.82, 2.24) is 4.98 Å². The molecule has 1 heterocycles. The maximum atomic E-state index is 5.17. The number of hydrogen-bond donors (Lipinski definition) is 0. The van der Waals surface area contributed by atoms with Crippen LogP contribution in [0.25, 0.3) is 0 Å². The fraction of sp³-hybridized carbons (Fsp3) is 0.400. The molecular formula is C10H15ClN2O. The minimum Gasteiger partial charge on any atom is -0.390 e. The summed E-state index contributed by atoms with van der Waals surface area (Å²) in [7, 11) is 0. The highest BCUT2D eigenvalue weighted by molar-refractivity contribution is 5.85. The molecule has 0 spiro atoms. The van der Waals surface area contributed by atoms with Crippen LogP contribution in [-0.4, -0.2) is 16.8 Å². The van der Waals surface area contributed by atoms with Crippen LogP contribution < -0.4 is 0 Å². The number of halogens is 1. The molecule has 0 aromatic carbocycles. The Balaban J connectivity index is 0.00000169. The van der Waals surface area contributed by atoms with E-state index >= 15 is 0 Å². The summed E-state index contributed by atoms with van der Waals surface area (Å²) in [6.07, 6.45) is 5.11. The van der Waals surface area contributed by atoms with E-state index in [0.29, 0.717) is 0 Å². The van der Waals surface area contributed by atoms with Gasteiger partial charge in [0.05, 0.1) is 6.21 Å². The predicted octanol–water partition coefficient (Wildman–Crippen LogP) is 2.65. The summed E-state index contributed by atoms with van der Waals surface area (Å²) in [6, 6.07) is 3.78. The molecule has 0 unspecified atom stereocenters. The Hall–Kier alpha value is -1.09. The SMILES string of the molecule is CC(C)(C)O/N=C/c1cccnc1.Cl. The van der Waals surface area contributed by atoms with Crippen LogP contribution in [0.2, 0.25) is 0 Å². The van der Waals surface area contributed by atoms with Crippen molar-refractivity contribution in [2.75, 3.05) is 0 Å². The molecule has 0 saturated heterocycles. The summed E-state index contributed by atoms with van der Waals surface area (Å²) >= 11 is 0. The van der Waals surface area contributed by atoms with Crippen molar-refractivity contribution in [1.29, 1.82) is 0 Å². The zero-order chi connectivity index (χ0) is 9.73. The van der Waals surface area contributed by atoms with Crippen molar-refractivity contribution in [2.45, 2.75) is 26.4 Å². The second-order valence-corrected chi connectivity index (χ2v) is 3.72. The third-order valence-electron chi connectivity index (χ3n) is 1.21. The Kier molecular flexibility index (Phi) is 5.16. The molecular weight excluding hydrogens is 200 g/mol. The van der Waals surface area contributed by atoms with E-state index < -0.39 is 0 Å². The second kappa shape index (κ2) is 5.60. The van der Waals surface area contributed by atoms with Crippen LogP contribution in [0.3, 0.4) is 0 Å². The first kappa shape index (κ1) is 12.9. The van der Waals surface area contributed by atoms with Gasteiger partial charge in [0.25, 0.3) is 0 Å². The van der Waals surface area contributed by atoms with E-state index in [1.54, 1.807) is 18.6 Å². The Morgan fingerprint density at radius 3 is 2.64 bits per heavy atom. The van der Waals surface area contributed by atoms with E-state index in [4.69, 9.17) is 4.84 Å². The Morgan fingerprint density at radius 1 is 1.43 bits per heavy atom. The summed E-state index contributed by atoms with van der Waals surface area (Å²) in [5, 5.41) is 3.85. The Labute approximate surface area is 90.6 Å². The molecule has 0 aliphatic heterocycles. The fourth-order valence-electron chi connectivity index (χ4n) is 0.698. The molecule has 4 heteroatoms. The largest absolute Gasteiger partial charge is 0.390 e. The normalized spacial score (nSPS) is 11.1. The standard InChI is InChI=1S/C10H14N2O.ClH/c1-10(2,3)13-12-8-9-5-4-6-11-7-9;/h4-8H,1-3H3;1H/b12-8+;. The van der Waals surface area contributed by atoms with E-state index in [2.05, 4.69) is 10.1 Å². The van der Waals surface area contributed by atoms with Crippen LogP contribution in [0.4, 0.5) is 0 Å². The van der Waals surface area contributed by atoms with Crippen molar-refractivity contribution >= 4 is 18.6 Å². The van der Waals surface area contributed by atoms with Crippen molar-refractivity contribution < 1.29 is 4.84 Å². The van der Waals surface area contributed by atoms with Gasteiger partial charge in [0.2, 0.25) is 0 Å². The first-order chi connectivity index (χ1) is 6.08. The van der Waals surface area contributed by atoms with Crippen LogP contribution in [-0.2, 0) is 4.84 Å².